The van der Waals surface area contributed by atoms with Gasteiger partial charge in [-0.15, -0.1) is 0 Å². The van der Waals surface area contributed by atoms with Crippen molar-refractivity contribution in [3.8, 4) is 0 Å². The molecule has 0 amide bonds. The Kier molecular flexibility index (Phi) is 5.93. The molecule has 1 unspecified atom stereocenters. The number of aliphatic hydroxyl groups is 1. The molecule has 3 nitrogen and oxygen atoms in total. The van der Waals surface area contributed by atoms with Crippen LogP contribution in [0.25, 0.3) is 0 Å². The van der Waals surface area contributed by atoms with E-state index in [0.717, 1.165) is 6.42 Å². The summed E-state index contributed by atoms with van der Waals surface area (Å²) in [5.74, 6) is 0. The molecular weight excluding hydrogens is 118 g/mol. The van der Waals surface area contributed by atoms with Gasteiger partial charge in [-0.3, -0.25) is 0 Å². The minimum absolute atomic E-state index is 0.323. The SMILES string of the molecule is CCC(O)COCCN. The standard InChI is InChI=1S/C6H15NO2/c1-2-6(8)5-9-4-3-7/h6,8H,2-5,7H2,1H3. The second-order valence-corrected chi connectivity index (χ2v) is 1.93. The molecule has 1 atom stereocenters. The third-order valence-corrected chi connectivity index (χ3v) is 1.04. The summed E-state index contributed by atoms with van der Waals surface area (Å²) in [6.07, 6.45) is 0.418. The molecule has 0 aliphatic rings. The van der Waals surface area contributed by atoms with Crippen molar-refractivity contribution in [1.29, 1.82) is 0 Å². The Hall–Kier alpha value is -0.120. The number of hydrogen-bond donors (Lipinski definition) is 2. The number of aliphatic hydroxyl groups excluding tert-OH is 1. The van der Waals surface area contributed by atoms with E-state index < -0.39 is 0 Å². The van der Waals surface area contributed by atoms with E-state index in [1.54, 1.807) is 0 Å². The summed E-state index contributed by atoms with van der Waals surface area (Å²) in [4.78, 5) is 0. The number of rotatable bonds is 5. The fourth-order valence-corrected chi connectivity index (χ4v) is 0.421. The highest BCUT2D eigenvalue weighted by Gasteiger charge is 1.97. The molecule has 0 bridgehead atoms. The van der Waals surface area contributed by atoms with E-state index in [1.807, 2.05) is 6.92 Å². The van der Waals surface area contributed by atoms with E-state index in [2.05, 4.69) is 0 Å². The third kappa shape index (κ3) is 5.76. The highest BCUT2D eigenvalue weighted by atomic mass is 16.5. The van der Waals surface area contributed by atoms with Crippen molar-refractivity contribution in [1.82, 2.24) is 0 Å². The predicted octanol–water partition coefficient (Wildman–Crippen LogP) is -0.267. The Morgan fingerprint density at radius 2 is 2.33 bits per heavy atom. The van der Waals surface area contributed by atoms with Crippen LogP contribution in [0.4, 0.5) is 0 Å². The zero-order valence-corrected chi connectivity index (χ0v) is 5.84. The fourth-order valence-electron chi connectivity index (χ4n) is 0.421. The summed E-state index contributed by atoms with van der Waals surface area (Å²) in [5, 5.41) is 8.92. The first-order chi connectivity index (χ1) is 4.31. The van der Waals surface area contributed by atoms with Crippen molar-refractivity contribution in [2.45, 2.75) is 19.4 Å². The average Bonchev–Trinajstić information content (AvgIpc) is 1.89. The van der Waals surface area contributed by atoms with Gasteiger partial charge in [-0.1, -0.05) is 6.92 Å². The van der Waals surface area contributed by atoms with Crippen molar-refractivity contribution in [3.63, 3.8) is 0 Å². The van der Waals surface area contributed by atoms with Crippen LogP contribution in [0.5, 0.6) is 0 Å². The van der Waals surface area contributed by atoms with Crippen LogP contribution in [0.2, 0.25) is 0 Å². The van der Waals surface area contributed by atoms with E-state index in [1.165, 1.54) is 0 Å². The summed E-state index contributed by atoms with van der Waals surface area (Å²) in [7, 11) is 0. The normalized spacial score (nSPS) is 13.7. The van der Waals surface area contributed by atoms with Gasteiger partial charge in [-0.2, -0.15) is 0 Å². The Balaban J connectivity index is 2.88. The molecule has 0 saturated carbocycles. The Labute approximate surface area is 55.8 Å². The van der Waals surface area contributed by atoms with Gasteiger partial charge in [0.25, 0.3) is 0 Å². The Morgan fingerprint density at radius 3 is 2.78 bits per heavy atom. The van der Waals surface area contributed by atoms with Gasteiger partial charge >= 0.3 is 0 Å². The first kappa shape index (κ1) is 8.88. The maximum atomic E-state index is 8.92. The molecule has 0 spiro atoms. The molecule has 0 radical (unpaired) electrons. The highest BCUT2D eigenvalue weighted by molar-refractivity contribution is 4.47. The van der Waals surface area contributed by atoms with E-state index in [4.69, 9.17) is 15.6 Å². The molecule has 3 heteroatoms. The zero-order chi connectivity index (χ0) is 7.11. The van der Waals surface area contributed by atoms with Gasteiger partial charge in [0, 0.05) is 6.54 Å². The van der Waals surface area contributed by atoms with Crippen LogP contribution in [0.1, 0.15) is 13.3 Å². The van der Waals surface area contributed by atoms with Gasteiger partial charge in [0.05, 0.1) is 19.3 Å². The Morgan fingerprint density at radius 1 is 1.67 bits per heavy atom. The van der Waals surface area contributed by atoms with Gasteiger partial charge < -0.3 is 15.6 Å². The van der Waals surface area contributed by atoms with Crippen LogP contribution in [0.3, 0.4) is 0 Å². The van der Waals surface area contributed by atoms with Crippen LogP contribution >= 0.6 is 0 Å². The van der Waals surface area contributed by atoms with Crippen molar-refractivity contribution in [2.24, 2.45) is 5.73 Å². The molecule has 0 aromatic heterocycles. The second kappa shape index (κ2) is 6.01. The maximum Gasteiger partial charge on any atom is 0.0771 e. The molecule has 3 N–H and O–H groups in total. The molecule has 9 heavy (non-hydrogen) atoms. The summed E-state index contributed by atoms with van der Waals surface area (Å²) >= 11 is 0. The largest absolute Gasteiger partial charge is 0.391 e. The smallest absolute Gasteiger partial charge is 0.0771 e. The molecule has 0 fully saturated rings. The van der Waals surface area contributed by atoms with Crippen LogP contribution in [-0.4, -0.2) is 31.0 Å². The lowest BCUT2D eigenvalue weighted by Gasteiger charge is -2.06. The predicted molar refractivity (Wildman–Crippen MR) is 36.2 cm³/mol. The first-order valence-electron chi connectivity index (χ1n) is 3.27. The van der Waals surface area contributed by atoms with E-state index in [0.29, 0.717) is 19.8 Å². The average molecular weight is 133 g/mol. The number of ether oxygens (including phenoxy) is 1. The maximum absolute atomic E-state index is 8.92. The monoisotopic (exact) mass is 133 g/mol. The van der Waals surface area contributed by atoms with E-state index in [9.17, 15) is 0 Å². The topological polar surface area (TPSA) is 55.5 Å². The molecule has 0 heterocycles. The molecule has 0 aliphatic heterocycles. The van der Waals surface area contributed by atoms with Crippen LogP contribution in [-0.2, 0) is 4.74 Å². The summed E-state index contributed by atoms with van der Waals surface area (Å²) in [5.41, 5.74) is 5.15. The molecule has 0 aliphatic carbocycles. The van der Waals surface area contributed by atoms with Gasteiger partial charge in [0.1, 0.15) is 0 Å². The molecule has 56 valence electrons. The quantitative estimate of drug-likeness (QED) is 0.508. The minimum atomic E-state index is -0.323. The van der Waals surface area contributed by atoms with Crippen LogP contribution < -0.4 is 5.73 Å². The summed E-state index contributed by atoms with van der Waals surface area (Å²) in [6.45, 7) is 3.39. The zero-order valence-electron chi connectivity index (χ0n) is 5.84. The lowest BCUT2D eigenvalue weighted by molar-refractivity contribution is 0.0385. The summed E-state index contributed by atoms with van der Waals surface area (Å²) < 4.78 is 4.96. The van der Waals surface area contributed by atoms with Gasteiger partial charge in [-0.25, -0.2) is 0 Å². The lowest BCUT2D eigenvalue weighted by Crippen LogP contribution is -2.17. The number of nitrogens with two attached hydrogens (primary N) is 1. The first-order valence-corrected chi connectivity index (χ1v) is 3.27. The minimum Gasteiger partial charge on any atom is -0.391 e. The third-order valence-electron chi connectivity index (χ3n) is 1.04. The van der Waals surface area contributed by atoms with Crippen molar-refractivity contribution < 1.29 is 9.84 Å². The highest BCUT2D eigenvalue weighted by Crippen LogP contribution is 1.89. The molecule has 0 rings (SSSR count). The van der Waals surface area contributed by atoms with Crippen LogP contribution in [0, 0.1) is 0 Å². The molecule has 0 aromatic carbocycles. The molecular formula is C6H15NO2. The van der Waals surface area contributed by atoms with Crippen molar-refractivity contribution >= 4 is 0 Å². The van der Waals surface area contributed by atoms with E-state index in [-0.39, 0.29) is 6.10 Å². The van der Waals surface area contributed by atoms with Gasteiger partial charge in [0.15, 0.2) is 0 Å². The number of hydrogen-bond acceptors (Lipinski definition) is 3. The van der Waals surface area contributed by atoms with Crippen LogP contribution in [0.15, 0.2) is 0 Å². The molecule has 0 aromatic rings. The van der Waals surface area contributed by atoms with Crippen molar-refractivity contribution in [2.75, 3.05) is 19.8 Å². The second-order valence-electron chi connectivity index (χ2n) is 1.93. The summed E-state index contributed by atoms with van der Waals surface area (Å²) in [6, 6.07) is 0. The van der Waals surface area contributed by atoms with Crippen molar-refractivity contribution in [3.05, 3.63) is 0 Å². The molecule has 0 saturated heterocycles. The van der Waals surface area contributed by atoms with Gasteiger partial charge in [-0.05, 0) is 6.42 Å². The lowest BCUT2D eigenvalue weighted by atomic mass is 10.3. The van der Waals surface area contributed by atoms with E-state index >= 15 is 0 Å². The fraction of sp³-hybridized carbons (Fsp3) is 1.00. The Bertz CT molecular complexity index is 59.0. The van der Waals surface area contributed by atoms with Gasteiger partial charge in [0.2, 0.25) is 0 Å².